The molecule has 1 N–H and O–H groups in total. The van der Waals surface area contributed by atoms with Crippen molar-refractivity contribution in [3.63, 3.8) is 0 Å². The van der Waals surface area contributed by atoms with E-state index in [-0.39, 0.29) is 18.1 Å². The van der Waals surface area contributed by atoms with Gasteiger partial charge < -0.3 is 10.1 Å². The Hall–Kier alpha value is -2.64. The zero-order valence-corrected chi connectivity index (χ0v) is 13.2. The van der Waals surface area contributed by atoms with Crippen LogP contribution >= 0.6 is 0 Å². The summed E-state index contributed by atoms with van der Waals surface area (Å²) in [5.74, 6) is 1.42. The van der Waals surface area contributed by atoms with Crippen LogP contribution < -0.4 is 10.1 Å². The lowest BCUT2D eigenvalue weighted by atomic mass is 10.1. The third kappa shape index (κ3) is 5.44. The Bertz CT molecular complexity index is 744. The van der Waals surface area contributed by atoms with Gasteiger partial charge in [-0.3, -0.25) is 4.79 Å². The minimum atomic E-state index is -4.38. The second-order valence-electron chi connectivity index (χ2n) is 5.85. The number of carbonyl (C=O) groups excluding carboxylic acids is 1. The molecule has 0 unspecified atom stereocenters. The molecule has 1 aliphatic rings. The molecule has 0 atom stereocenters. The van der Waals surface area contributed by atoms with E-state index in [2.05, 4.69) is 20.0 Å². The Morgan fingerprint density at radius 2 is 1.92 bits per heavy atom. The average molecular weight is 351 g/mol. The molecule has 25 heavy (non-hydrogen) atoms. The van der Waals surface area contributed by atoms with Gasteiger partial charge in [-0.2, -0.15) is 13.2 Å². The predicted molar refractivity (Wildman–Crippen MR) is 84.3 cm³/mol. The van der Waals surface area contributed by atoms with E-state index in [4.69, 9.17) is 0 Å². The number of hydrogen-bond acceptors (Lipinski definition) is 4. The number of rotatable bonds is 6. The van der Waals surface area contributed by atoms with Gasteiger partial charge in [-0.15, -0.1) is 0 Å². The van der Waals surface area contributed by atoms with Crippen LogP contribution in [0.1, 0.15) is 30.1 Å². The molecule has 0 aliphatic heterocycles. The molecule has 3 rings (SSSR count). The molecule has 132 valence electrons. The van der Waals surface area contributed by atoms with Crippen molar-refractivity contribution in [1.82, 2.24) is 9.97 Å². The molecule has 0 radical (unpaired) electrons. The van der Waals surface area contributed by atoms with Crippen molar-refractivity contribution >= 4 is 11.7 Å². The van der Waals surface area contributed by atoms with Gasteiger partial charge in [-0.25, -0.2) is 9.97 Å². The molecule has 1 aromatic heterocycles. The van der Waals surface area contributed by atoms with Crippen LogP contribution in [-0.2, 0) is 11.2 Å². The topological polar surface area (TPSA) is 64.1 Å². The normalized spacial score (nSPS) is 14.2. The minimum Gasteiger partial charge on any atom is -0.484 e. The molecule has 0 bridgehead atoms. The number of hydrogen-bond donors (Lipinski definition) is 1. The molecule has 1 aromatic carbocycles. The van der Waals surface area contributed by atoms with Gasteiger partial charge in [0.05, 0.1) is 6.42 Å². The van der Waals surface area contributed by atoms with Gasteiger partial charge in [0.15, 0.2) is 6.61 Å². The zero-order chi connectivity index (χ0) is 17.9. The van der Waals surface area contributed by atoms with Crippen molar-refractivity contribution in [2.75, 3.05) is 11.9 Å². The fraction of sp³-hybridized carbons (Fsp3) is 0.353. The van der Waals surface area contributed by atoms with Gasteiger partial charge in [-0.1, -0.05) is 12.1 Å². The van der Waals surface area contributed by atoms with Crippen LogP contribution in [0.3, 0.4) is 0 Å². The molecule has 0 saturated heterocycles. The molecule has 1 saturated carbocycles. The van der Waals surface area contributed by atoms with Gasteiger partial charge >= 0.3 is 6.18 Å². The second-order valence-corrected chi connectivity index (χ2v) is 5.85. The number of halogens is 3. The van der Waals surface area contributed by atoms with Crippen molar-refractivity contribution < 1.29 is 22.7 Å². The van der Waals surface area contributed by atoms with Crippen LogP contribution in [-0.4, -0.2) is 28.7 Å². The molecule has 0 spiro atoms. The van der Waals surface area contributed by atoms with Crippen molar-refractivity contribution in [3.05, 3.63) is 47.9 Å². The Morgan fingerprint density at radius 3 is 2.56 bits per heavy atom. The maximum absolute atomic E-state index is 12.1. The molecule has 8 heteroatoms. The fourth-order valence-electron chi connectivity index (χ4n) is 2.22. The number of nitrogens with zero attached hydrogens (tertiary/aromatic N) is 2. The minimum absolute atomic E-state index is 0.0856. The first-order valence-electron chi connectivity index (χ1n) is 7.80. The highest BCUT2D eigenvalue weighted by molar-refractivity contribution is 5.91. The largest absolute Gasteiger partial charge is 0.484 e. The zero-order valence-electron chi connectivity index (χ0n) is 13.2. The Balaban J connectivity index is 1.53. The van der Waals surface area contributed by atoms with Crippen LogP contribution in [0, 0.1) is 0 Å². The smallest absolute Gasteiger partial charge is 0.422 e. The number of ether oxygens (including phenoxy) is 1. The van der Waals surface area contributed by atoms with E-state index in [1.807, 2.05) is 0 Å². The molecule has 1 amide bonds. The van der Waals surface area contributed by atoms with Gasteiger partial charge in [0.25, 0.3) is 0 Å². The van der Waals surface area contributed by atoms with Crippen LogP contribution in [0.5, 0.6) is 5.75 Å². The summed E-state index contributed by atoms with van der Waals surface area (Å²) < 4.78 is 40.9. The summed E-state index contributed by atoms with van der Waals surface area (Å²) in [4.78, 5) is 20.6. The van der Waals surface area contributed by atoms with Crippen LogP contribution in [0.2, 0.25) is 0 Å². The van der Waals surface area contributed by atoms with Gasteiger partial charge in [0.1, 0.15) is 17.4 Å². The highest BCUT2D eigenvalue weighted by Crippen LogP contribution is 2.38. The van der Waals surface area contributed by atoms with Crippen LogP contribution in [0.25, 0.3) is 0 Å². The van der Waals surface area contributed by atoms with Gasteiger partial charge in [0.2, 0.25) is 5.91 Å². The molecule has 5 nitrogen and oxygen atoms in total. The number of carbonyl (C=O) groups is 1. The number of aromatic nitrogens is 2. The summed E-state index contributed by atoms with van der Waals surface area (Å²) in [7, 11) is 0. The lowest BCUT2D eigenvalue weighted by Crippen LogP contribution is -2.19. The summed E-state index contributed by atoms with van der Waals surface area (Å²) in [5.41, 5.74) is 0.660. The Morgan fingerprint density at radius 1 is 1.20 bits per heavy atom. The summed E-state index contributed by atoms with van der Waals surface area (Å²) in [6, 6.07) is 7.55. The number of anilines is 1. The maximum Gasteiger partial charge on any atom is 0.422 e. The third-order valence-electron chi connectivity index (χ3n) is 3.57. The van der Waals surface area contributed by atoms with Crippen molar-refractivity contribution in [3.8, 4) is 5.75 Å². The van der Waals surface area contributed by atoms with E-state index >= 15 is 0 Å². The first kappa shape index (κ1) is 17.2. The summed E-state index contributed by atoms with van der Waals surface area (Å²) in [6.07, 6.45) is -0.541. The van der Waals surface area contributed by atoms with E-state index in [0.29, 0.717) is 17.3 Å². The van der Waals surface area contributed by atoms with Crippen LogP contribution in [0.15, 0.2) is 36.5 Å². The van der Waals surface area contributed by atoms with E-state index in [1.54, 1.807) is 24.4 Å². The predicted octanol–water partition coefficient (Wildman–Crippen LogP) is 3.48. The van der Waals surface area contributed by atoms with Gasteiger partial charge in [0, 0.05) is 12.1 Å². The summed E-state index contributed by atoms with van der Waals surface area (Å²) >= 11 is 0. The number of nitrogens with one attached hydrogen (secondary N) is 1. The number of alkyl halides is 3. The Kier molecular flexibility index (Phi) is 4.87. The lowest BCUT2D eigenvalue weighted by Gasteiger charge is -2.09. The number of amides is 1. The molecular weight excluding hydrogens is 335 g/mol. The lowest BCUT2D eigenvalue weighted by molar-refractivity contribution is -0.153. The SMILES string of the molecule is O=C(Cc1ccc(OCC(F)(F)F)cc1)Nc1ccnc(C2CC2)n1. The van der Waals surface area contributed by atoms with Crippen molar-refractivity contribution in [2.24, 2.45) is 0 Å². The monoisotopic (exact) mass is 351 g/mol. The summed E-state index contributed by atoms with van der Waals surface area (Å²) in [6.45, 7) is -1.34. The standard InChI is InChI=1S/C17H16F3N3O2/c18-17(19,20)10-25-13-5-1-11(2-6-13)9-15(24)22-14-7-8-21-16(23-14)12-3-4-12/h1-2,5-8,12H,3-4,9-10H2,(H,21,22,23,24). The van der Waals surface area contributed by atoms with E-state index < -0.39 is 12.8 Å². The van der Waals surface area contributed by atoms with Crippen molar-refractivity contribution in [2.45, 2.75) is 31.4 Å². The fourth-order valence-corrected chi connectivity index (χ4v) is 2.22. The van der Waals surface area contributed by atoms with Gasteiger partial charge in [-0.05, 0) is 36.6 Å². The average Bonchev–Trinajstić information content (AvgIpc) is 3.38. The molecule has 1 aliphatic carbocycles. The molecule has 1 heterocycles. The highest BCUT2D eigenvalue weighted by Gasteiger charge is 2.28. The molecule has 2 aromatic rings. The van der Waals surface area contributed by atoms with E-state index in [1.165, 1.54) is 12.1 Å². The van der Waals surface area contributed by atoms with Crippen molar-refractivity contribution in [1.29, 1.82) is 0 Å². The number of benzene rings is 1. The summed E-state index contributed by atoms with van der Waals surface area (Å²) in [5, 5.41) is 2.70. The van der Waals surface area contributed by atoms with Crippen LogP contribution in [0.4, 0.5) is 19.0 Å². The quantitative estimate of drug-likeness (QED) is 0.865. The van der Waals surface area contributed by atoms with E-state index in [0.717, 1.165) is 18.7 Å². The third-order valence-corrected chi connectivity index (χ3v) is 3.57. The highest BCUT2D eigenvalue weighted by atomic mass is 19.4. The Labute approximate surface area is 142 Å². The first-order chi connectivity index (χ1) is 11.9. The molecule has 1 fully saturated rings. The first-order valence-corrected chi connectivity index (χ1v) is 7.80. The molecular formula is C17H16F3N3O2. The maximum atomic E-state index is 12.1. The van der Waals surface area contributed by atoms with E-state index in [9.17, 15) is 18.0 Å². The second kappa shape index (κ2) is 7.08.